The third kappa shape index (κ3) is 2.84. The van der Waals surface area contributed by atoms with Crippen molar-refractivity contribution >= 4 is 22.9 Å². The number of hydrogen-bond donors (Lipinski definition) is 0. The maximum atomic E-state index is 13.0. The van der Waals surface area contributed by atoms with Crippen molar-refractivity contribution in [3.05, 3.63) is 32.7 Å². The fraction of sp³-hybridized carbons (Fsp3) is 0.556. The summed E-state index contributed by atoms with van der Waals surface area (Å²) in [6, 6.07) is 0. The van der Waals surface area contributed by atoms with E-state index < -0.39 is 23.8 Å². The smallest absolute Gasteiger partial charge is 0.333 e. The molecule has 0 radical (unpaired) electrons. The number of rotatable bonds is 5. The zero-order chi connectivity index (χ0) is 20.0. The number of aryl methyl sites for hydroxylation is 2. The molecule has 10 nitrogen and oxygen atoms in total. The van der Waals surface area contributed by atoms with Gasteiger partial charge in [0.1, 0.15) is 6.54 Å². The van der Waals surface area contributed by atoms with Crippen LogP contribution in [-0.4, -0.2) is 48.4 Å². The maximum absolute atomic E-state index is 13.0. The van der Waals surface area contributed by atoms with Gasteiger partial charge < -0.3 is 14.0 Å². The molecule has 1 atom stereocenters. The molecule has 3 aromatic rings. The number of fused-ring (bicyclic) bond motifs is 3. The lowest BCUT2D eigenvalue weighted by Crippen LogP contribution is -2.41. The van der Waals surface area contributed by atoms with Crippen molar-refractivity contribution in [2.75, 3.05) is 13.2 Å². The van der Waals surface area contributed by atoms with Gasteiger partial charge in [-0.15, -0.1) is 0 Å². The molecule has 1 fully saturated rings. The normalized spacial score (nSPS) is 17.0. The van der Waals surface area contributed by atoms with Crippen molar-refractivity contribution in [2.45, 2.75) is 45.9 Å². The van der Waals surface area contributed by atoms with Crippen LogP contribution in [0.3, 0.4) is 0 Å². The molecule has 1 saturated heterocycles. The Balaban J connectivity index is 1.90. The van der Waals surface area contributed by atoms with E-state index in [1.165, 1.54) is 11.6 Å². The van der Waals surface area contributed by atoms with Crippen molar-refractivity contribution in [1.29, 1.82) is 0 Å². The Labute approximate surface area is 159 Å². The summed E-state index contributed by atoms with van der Waals surface area (Å²) in [4.78, 5) is 42.0. The minimum absolute atomic E-state index is 0.110. The first-order valence-corrected chi connectivity index (χ1v) is 9.37. The van der Waals surface area contributed by atoms with Gasteiger partial charge in [0, 0.05) is 25.5 Å². The SMILES string of the molecule is CCOC(=O)Cn1c(=O)c2c(nc3n(CC4CCCO4)c(C)cn23)n(C)c1=O. The number of carbonyl (C=O) groups is 1. The predicted octanol–water partition coefficient (Wildman–Crippen LogP) is 0.200. The zero-order valence-electron chi connectivity index (χ0n) is 16.2. The van der Waals surface area contributed by atoms with Gasteiger partial charge in [0.2, 0.25) is 5.78 Å². The number of carbonyl (C=O) groups excluding carboxylic acids is 1. The lowest BCUT2D eigenvalue weighted by atomic mass is 10.2. The van der Waals surface area contributed by atoms with Crippen LogP contribution in [0.5, 0.6) is 0 Å². The van der Waals surface area contributed by atoms with Crippen LogP contribution in [-0.2, 0) is 34.4 Å². The lowest BCUT2D eigenvalue weighted by molar-refractivity contribution is -0.143. The average Bonchev–Trinajstić information content (AvgIpc) is 3.35. The third-order valence-corrected chi connectivity index (χ3v) is 5.14. The standard InChI is InChI=1S/C18H23N5O5/c1-4-27-13(24)10-23-16(25)14-15(20(3)18(23)26)19-17-21(11(2)8-22(14)17)9-12-6-5-7-28-12/h8,12H,4-7,9-10H2,1-3H3. The van der Waals surface area contributed by atoms with Crippen LogP contribution in [0.1, 0.15) is 25.5 Å². The van der Waals surface area contributed by atoms with Crippen molar-refractivity contribution in [1.82, 2.24) is 23.1 Å². The molecular weight excluding hydrogens is 366 g/mol. The Morgan fingerprint density at radius 2 is 2.14 bits per heavy atom. The molecule has 0 aliphatic carbocycles. The van der Waals surface area contributed by atoms with Gasteiger partial charge in [-0.1, -0.05) is 0 Å². The highest BCUT2D eigenvalue weighted by molar-refractivity contribution is 5.76. The van der Waals surface area contributed by atoms with Crippen molar-refractivity contribution < 1.29 is 14.3 Å². The van der Waals surface area contributed by atoms with E-state index >= 15 is 0 Å². The number of aromatic nitrogens is 5. The van der Waals surface area contributed by atoms with E-state index in [1.807, 2.05) is 17.7 Å². The van der Waals surface area contributed by atoms with Gasteiger partial charge in [0.15, 0.2) is 11.2 Å². The van der Waals surface area contributed by atoms with E-state index in [-0.39, 0.29) is 23.9 Å². The number of ether oxygens (including phenoxy) is 2. The van der Waals surface area contributed by atoms with Crippen LogP contribution in [0.25, 0.3) is 16.9 Å². The number of imidazole rings is 2. The Bertz CT molecular complexity index is 1180. The first-order chi connectivity index (χ1) is 13.4. The minimum Gasteiger partial charge on any atom is -0.465 e. The van der Waals surface area contributed by atoms with E-state index in [4.69, 9.17) is 9.47 Å². The highest BCUT2D eigenvalue weighted by Crippen LogP contribution is 2.20. The molecule has 28 heavy (non-hydrogen) atoms. The molecule has 10 heteroatoms. The molecule has 1 aliphatic rings. The molecule has 0 spiro atoms. The highest BCUT2D eigenvalue weighted by atomic mass is 16.5. The molecule has 1 unspecified atom stereocenters. The predicted molar refractivity (Wildman–Crippen MR) is 101 cm³/mol. The van der Waals surface area contributed by atoms with Crippen LogP contribution >= 0.6 is 0 Å². The summed E-state index contributed by atoms with van der Waals surface area (Å²) in [6.45, 7) is 4.74. The van der Waals surface area contributed by atoms with Crippen molar-refractivity contribution in [3.63, 3.8) is 0 Å². The number of nitrogens with zero attached hydrogens (tertiary/aromatic N) is 5. The number of hydrogen-bond acceptors (Lipinski definition) is 6. The number of esters is 1. The first kappa shape index (κ1) is 18.5. The van der Waals surface area contributed by atoms with Crippen LogP contribution in [0.4, 0.5) is 0 Å². The monoisotopic (exact) mass is 389 g/mol. The van der Waals surface area contributed by atoms with Gasteiger partial charge in [-0.25, -0.2) is 9.36 Å². The fourth-order valence-electron chi connectivity index (χ4n) is 3.75. The zero-order valence-corrected chi connectivity index (χ0v) is 16.2. The van der Waals surface area contributed by atoms with E-state index in [9.17, 15) is 14.4 Å². The first-order valence-electron chi connectivity index (χ1n) is 9.37. The second-order valence-electron chi connectivity index (χ2n) is 7.01. The summed E-state index contributed by atoms with van der Waals surface area (Å²) >= 11 is 0. The Morgan fingerprint density at radius 1 is 1.36 bits per heavy atom. The molecule has 0 N–H and O–H groups in total. The van der Waals surface area contributed by atoms with E-state index in [0.29, 0.717) is 12.3 Å². The van der Waals surface area contributed by atoms with Gasteiger partial charge in [-0.05, 0) is 26.7 Å². The summed E-state index contributed by atoms with van der Waals surface area (Å²) in [5, 5.41) is 0. The summed E-state index contributed by atoms with van der Waals surface area (Å²) in [5.41, 5.74) is 0.313. The molecule has 1 aliphatic heterocycles. The molecule has 3 aromatic heterocycles. The van der Waals surface area contributed by atoms with E-state index in [2.05, 4.69) is 4.98 Å². The van der Waals surface area contributed by atoms with Gasteiger partial charge in [-0.2, -0.15) is 4.98 Å². The molecule has 0 saturated carbocycles. The Kier molecular flexibility index (Phi) is 4.58. The van der Waals surface area contributed by atoms with Gasteiger partial charge in [0.25, 0.3) is 5.56 Å². The topological polar surface area (TPSA) is 102 Å². The Hall–Kier alpha value is -2.88. The highest BCUT2D eigenvalue weighted by Gasteiger charge is 2.23. The van der Waals surface area contributed by atoms with Crippen LogP contribution in [0, 0.1) is 6.92 Å². The largest absolute Gasteiger partial charge is 0.465 e. The van der Waals surface area contributed by atoms with Crippen LogP contribution < -0.4 is 11.2 Å². The molecular formula is C18H23N5O5. The summed E-state index contributed by atoms with van der Waals surface area (Å²) in [5.74, 6) is -0.0575. The van der Waals surface area contributed by atoms with Gasteiger partial charge in [0.05, 0.1) is 19.3 Å². The molecule has 0 bridgehead atoms. The van der Waals surface area contributed by atoms with E-state index in [0.717, 1.165) is 29.7 Å². The summed E-state index contributed by atoms with van der Waals surface area (Å²) < 4.78 is 16.5. The molecule has 0 aromatic carbocycles. The van der Waals surface area contributed by atoms with Crippen molar-refractivity contribution in [2.24, 2.45) is 7.05 Å². The molecule has 0 amide bonds. The second kappa shape index (κ2) is 6.93. The maximum Gasteiger partial charge on any atom is 0.333 e. The molecule has 4 rings (SSSR count). The Morgan fingerprint density at radius 3 is 2.82 bits per heavy atom. The van der Waals surface area contributed by atoms with Gasteiger partial charge >= 0.3 is 11.7 Å². The van der Waals surface area contributed by atoms with Crippen LogP contribution in [0.15, 0.2) is 15.8 Å². The summed E-state index contributed by atoms with van der Waals surface area (Å²) in [7, 11) is 1.54. The molecule has 150 valence electrons. The lowest BCUT2D eigenvalue weighted by Gasteiger charge is -2.11. The molecule has 4 heterocycles. The second-order valence-corrected chi connectivity index (χ2v) is 7.01. The van der Waals surface area contributed by atoms with Crippen molar-refractivity contribution in [3.8, 4) is 0 Å². The minimum atomic E-state index is -0.631. The van der Waals surface area contributed by atoms with E-state index in [1.54, 1.807) is 11.3 Å². The third-order valence-electron chi connectivity index (χ3n) is 5.14. The quantitative estimate of drug-likeness (QED) is 0.578. The summed E-state index contributed by atoms with van der Waals surface area (Å²) in [6.07, 6.45) is 3.94. The fourth-order valence-corrected chi connectivity index (χ4v) is 3.75. The average molecular weight is 389 g/mol. The van der Waals surface area contributed by atoms with Crippen LogP contribution in [0.2, 0.25) is 0 Å². The van der Waals surface area contributed by atoms with Gasteiger partial charge in [-0.3, -0.25) is 18.6 Å².